The largest absolute Gasteiger partial charge is 0.489 e. The van der Waals surface area contributed by atoms with E-state index >= 15 is 0 Å². The van der Waals surface area contributed by atoms with Gasteiger partial charge in [-0.2, -0.15) is 9.37 Å². The standard InChI is InChI=1S/C20H27FN4O3.ClH/c1-13(22)14-4-6-15(7-5-14)28-16-8-9-25(10-16)18-17(21)19(24-12-23-18)27-11-20(2,3)26;/h4-7,12-13,16,26H,8-11,22H2,1-3H3;1H/t13-,16+;/m0./s1. The monoisotopic (exact) mass is 426 g/mol. The molecule has 1 aromatic carbocycles. The molecular weight excluding hydrogens is 399 g/mol. The highest BCUT2D eigenvalue weighted by atomic mass is 35.5. The number of halogens is 2. The van der Waals surface area contributed by atoms with Crippen molar-refractivity contribution in [1.82, 2.24) is 9.97 Å². The molecule has 0 amide bonds. The summed E-state index contributed by atoms with van der Waals surface area (Å²) in [5.74, 6) is 0.143. The predicted octanol–water partition coefficient (Wildman–Crippen LogP) is 2.86. The summed E-state index contributed by atoms with van der Waals surface area (Å²) in [5, 5.41) is 9.75. The number of anilines is 1. The van der Waals surface area contributed by atoms with Crippen LogP contribution in [0.5, 0.6) is 11.6 Å². The van der Waals surface area contributed by atoms with Crippen molar-refractivity contribution in [3.05, 3.63) is 42.0 Å². The van der Waals surface area contributed by atoms with E-state index in [9.17, 15) is 9.50 Å². The van der Waals surface area contributed by atoms with Crippen molar-refractivity contribution in [3.8, 4) is 11.6 Å². The Bertz CT molecular complexity index is 799. The highest BCUT2D eigenvalue weighted by Crippen LogP contribution is 2.28. The highest BCUT2D eigenvalue weighted by Gasteiger charge is 2.29. The Morgan fingerprint density at radius 1 is 1.31 bits per heavy atom. The molecule has 1 fully saturated rings. The number of benzene rings is 1. The van der Waals surface area contributed by atoms with Crippen molar-refractivity contribution in [3.63, 3.8) is 0 Å². The molecule has 1 aliphatic rings. The summed E-state index contributed by atoms with van der Waals surface area (Å²) in [6.45, 7) is 6.14. The lowest BCUT2D eigenvalue weighted by Crippen LogP contribution is -2.29. The van der Waals surface area contributed by atoms with E-state index in [4.69, 9.17) is 15.2 Å². The Balaban J connectivity index is 0.00000300. The molecule has 1 aromatic heterocycles. The molecule has 0 bridgehead atoms. The lowest BCUT2D eigenvalue weighted by Gasteiger charge is -2.21. The Morgan fingerprint density at radius 2 is 2.00 bits per heavy atom. The van der Waals surface area contributed by atoms with Gasteiger partial charge in [-0.05, 0) is 38.5 Å². The third-order valence-electron chi connectivity index (χ3n) is 4.45. The first kappa shape index (κ1) is 23.1. The van der Waals surface area contributed by atoms with Crippen LogP contribution in [0.15, 0.2) is 30.6 Å². The molecule has 2 aromatic rings. The zero-order valence-electron chi connectivity index (χ0n) is 16.8. The van der Waals surface area contributed by atoms with Crippen LogP contribution in [0.25, 0.3) is 0 Å². The second-order valence-electron chi connectivity index (χ2n) is 7.75. The molecule has 9 heteroatoms. The van der Waals surface area contributed by atoms with Gasteiger partial charge in [0.05, 0.1) is 12.1 Å². The second-order valence-corrected chi connectivity index (χ2v) is 7.75. The minimum absolute atomic E-state index is 0. The van der Waals surface area contributed by atoms with Crippen molar-refractivity contribution in [2.75, 3.05) is 24.6 Å². The number of aliphatic hydroxyl groups is 1. The van der Waals surface area contributed by atoms with Gasteiger partial charge in [0.2, 0.25) is 5.82 Å². The topological polar surface area (TPSA) is 93.7 Å². The van der Waals surface area contributed by atoms with Crippen LogP contribution in [0, 0.1) is 5.82 Å². The Kier molecular flexibility index (Phi) is 7.62. The zero-order valence-corrected chi connectivity index (χ0v) is 17.7. The van der Waals surface area contributed by atoms with Gasteiger partial charge in [0.1, 0.15) is 24.8 Å². The summed E-state index contributed by atoms with van der Waals surface area (Å²) in [5.41, 5.74) is 5.82. The van der Waals surface area contributed by atoms with Crippen LogP contribution < -0.4 is 20.1 Å². The molecule has 0 saturated carbocycles. The van der Waals surface area contributed by atoms with E-state index in [1.165, 1.54) is 6.33 Å². The van der Waals surface area contributed by atoms with Gasteiger partial charge < -0.3 is 25.2 Å². The van der Waals surface area contributed by atoms with Crippen molar-refractivity contribution in [2.24, 2.45) is 5.73 Å². The lowest BCUT2D eigenvalue weighted by atomic mass is 10.1. The van der Waals surface area contributed by atoms with Crippen molar-refractivity contribution >= 4 is 18.2 Å². The maximum absolute atomic E-state index is 14.7. The van der Waals surface area contributed by atoms with E-state index in [0.29, 0.717) is 13.1 Å². The number of ether oxygens (including phenoxy) is 2. The minimum Gasteiger partial charge on any atom is -0.489 e. The summed E-state index contributed by atoms with van der Waals surface area (Å²) in [6, 6.07) is 7.67. The van der Waals surface area contributed by atoms with Crippen molar-refractivity contribution in [2.45, 2.75) is 44.9 Å². The lowest BCUT2D eigenvalue weighted by molar-refractivity contribution is 0.0253. The first-order valence-corrected chi connectivity index (χ1v) is 9.36. The SMILES string of the molecule is C[C@H](N)c1ccc(O[C@@H]2CCN(c3ncnc(OCC(C)(C)O)c3F)C2)cc1.Cl. The molecule has 2 atom stereocenters. The Morgan fingerprint density at radius 3 is 2.62 bits per heavy atom. The van der Waals surface area contributed by atoms with Gasteiger partial charge >= 0.3 is 0 Å². The van der Waals surface area contributed by atoms with Crippen molar-refractivity contribution < 1.29 is 19.0 Å². The van der Waals surface area contributed by atoms with E-state index in [-0.39, 0.29) is 42.9 Å². The number of nitrogens with two attached hydrogens (primary N) is 1. The van der Waals surface area contributed by atoms with Gasteiger partial charge in [-0.25, -0.2) is 4.98 Å². The fourth-order valence-corrected chi connectivity index (χ4v) is 2.97. The average molecular weight is 427 g/mol. The quantitative estimate of drug-likeness (QED) is 0.703. The molecule has 3 N–H and O–H groups in total. The van der Waals surface area contributed by atoms with Gasteiger partial charge in [0.15, 0.2) is 5.82 Å². The molecule has 7 nitrogen and oxygen atoms in total. The number of hydrogen-bond donors (Lipinski definition) is 2. The van der Waals surface area contributed by atoms with Crippen LogP contribution in [0.4, 0.5) is 10.2 Å². The number of hydrogen-bond acceptors (Lipinski definition) is 7. The molecule has 3 rings (SSSR count). The van der Waals surface area contributed by atoms with Crippen molar-refractivity contribution in [1.29, 1.82) is 0 Å². The average Bonchev–Trinajstić information content (AvgIpc) is 3.09. The molecule has 0 spiro atoms. The van der Waals surface area contributed by atoms with E-state index in [0.717, 1.165) is 17.7 Å². The van der Waals surface area contributed by atoms with Crippen LogP contribution in [-0.4, -0.2) is 46.5 Å². The molecule has 0 unspecified atom stereocenters. The van der Waals surface area contributed by atoms with E-state index in [1.54, 1.807) is 13.8 Å². The molecule has 29 heavy (non-hydrogen) atoms. The van der Waals surface area contributed by atoms with Gasteiger partial charge in [-0.3, -0.25) is 0 Å². The number of aromatic nitrogens is 2. The van der Waals surface area contributed by atoms with E-state index in [1.807, 2.05) is 36.1 Å². The summed E-state index contributed by atoms with van der Waals surface area (Å²) in [6.07, 6.45) is 1.94. The third kappa shape index (κ3) is 6.16. The van der Waals surface area contributed by atoms with Crippen LogP contribution in [0.3, 0.4) is 0 Å². The molecule has 0 radical (unpaired) electrons. The Hall–Kier alpha value is -2.16. The minimum atomic E-state index is -1.08. The summed E-state index contributed by atoms with van der Waals surface area (Å²) in [4.78, 5) is 9.72. The summed E-state index contributed by atoms with van der Waals surface area (Å²) < 4.78 is 26.1. The maximum atomic E-state index is 14.7. The van der Waals surface area contributed by atoms with Crippen LogP contribution in [-0.2, 0) is 0 Å². The summed E-state index contributed by atoms with van der Waals surface area (Å²) in [7, 11) is 0. The molecule has 1 aliphatic heterocycles. The molecule has 160 valence electrons. The van der Waals surface area contributed by atoms with Gasteiger partial charge in [-0.15, -0.1) is 12.4 Å². The predicted molar refractivity (Wildman–Crippen MR) is 111 cm³/mol. The van der Waals surface area contributed by atoms with Gasteiger partial charge in [-0.1, -0.05) is 12.1 Å². The highest BCUT2D eigenvalue weighted by molar-refractivity contribution is 5.85. The Labute approximate surface area is 176 Å². The number of rotatable bonds is 7. The van der Waals surface area contributed by atoms with Crippen LogP contribution in [0.2, 0.25) is 0 Å². The first-order chi connectivity index (χ1) is 13.2. The van der Waals surface area contributed by atoms with Crippen LogP contribution >= 0.6 is 12.4 Å². The normalized spacial score (nSPS) is 17.6. The third-order valence-corrected chi connectivity index (χ3v) is 4.45. The second kappa shape index (κ2) is 9.56. The fraction of sp³-hybridized carbons (Fsp3) is 0.500. The summed E-state index contributed by atoms with van der Waals surface area (Å²) >= 11 is 0. The van der Waals surface area contributed by atoms with Crippen LogP contribution in [0.1, 0.15) is 38.8 Å². The number of nitrogens with zero attached hydrogens (tertiary/aromatic N) is 3. The van der Waals surface area contributed by atoms with Gasteiger partial charge in [0.25, 0.3) is 5.88 Å². The van der Waals surface area contributed by atoms with E-state index in [2.05, 4.69) is 9.97 Å². The zero-order chi connectivity index (χ0) is 20.3. The molecule has 1 saturated heterocycles. The maximum Gasteiger partial charge on any atom is 0.255 e. The molecular formula is C20H28ClFN4O3. The first-order valence-electron chi connectivity index (χ1n) is 9.36. The van der Waals surface area contributed by atoms with Gasteiger partial charge in [0, 0.05) is 19.0 Å². The van der Waals surface area contributed by atoms with E-state index < -0.39 is 11.4 Å². The molecule has 0 aliphatic carbocycles. The smallest absolute Gasteiger partial charge is 0.255 e. The fourth-order valence-electron chi connectivity index (χ4n) is 2.97. The molecule has 2 heterocycles.